The summed E-state index contributed by atoms with van der Waals surface area (Å²) in [5.74, 6) is 1.03. The molecule has 0 saturated heterocycles. The minimum atomic E-state index is -0.529. The lowest BCUT2D eigenvalue weighted by Crippen LogP contribution is -2.24. The van der Waals surface area contributed by atoms with E-state index in [1.165, 1.54) is 20.4 Å². The van der Waals surface area contributed by atoms with Gasteiger partial charge in [-0.2, -0.15) is 5.10 Å². The van der Waals surface area contributed by atoms with E-state index in [0.29, 0.717) is 34.1 Å². The molecule has 0 aliphatic rings. The van der Waals surface area contributed by atoms with Crippen molar-refractivity contribution in [2.45, 2.75) is 6.92 Å². The number of hydrogen-bond acceptors (Lipinski definition) is 7. The van der Waals surface area contributed by atoms with E-state index in [1.807, 2.05) is 25.1 Å². The van der Waals surface area contributed by atoms with Gasteiger partial charge in [-0.3, -0.25) is 4.79 Å². The predicted octanol–water partition coefficient (Wildman–Crippen LogP) is 3.76. The fraction of sp³-hybridized carbons (Fsp3) is 0.160. The third kappa shape index (κ3) is 6.83. The van der Waals surface area contributed by atoms with E-state index in [0.717, 1.165) is 5.56 Å². The zero-order chi connectivity index (χ0) is 23.6. The van der Waals surface area contributed by atoms with Gasteiger partial charge < -0.3 is 18.9 Å². The molecule has 0 spiro atoms. The Kier molecular flexibility index (Phi) is 8.02. The molecular weight excluding hydrogens is 424 g/mol. The van der Waals surface area contributed by atoms with Crippen LogP contribution in [0.1, 0.15) is 21.5 Å². The first kappa shape index (κ1) is 23.3. The molecule has 0 bridgehead atoms. The van der Waals surface area contributed by atoms with E-state index >= 15 is 0 Å². The molecular formula is C25H24N2O6. The summed E-state index contributed by atoms with van der Waals surface area (Å²) in [6, 6.07) is 18.9. The maximum Gasteiger partial charge on any atom is 0.343 e. The highest BCUT2D eigenvalue weighted by molar-refractivity contribution is 5.92. The Morgan fingerprint density at radius 1 is 0.909 bits per heavy atom. The van der Waals surface area contributed by atoms with Crippen LogP contribution in [0.2, 0.25) is 0 Å². The lowest BCUT2D eigenvalue weighted by Gasteiger charge is -2.09. The van der Waals surface area contributed by atoms with Gasteiger partial charge in [0.15, 0.2) is 18.1 Å². The van der Waals surface area contributed by atoms with Crippen LogP contribution in [0.15, 0.2) is 71.8 Å². The molecule has 0 unspecified atom stereocenters. The molecule has 0 heterocycles. The molecule has 1 amide bonds. The molecule has 0 radical (unpaired) electrons. The molecule has 170 valence electrons. The second-order valence-corrected chi connectivity index (χ2v) is 6.93. The van der Waals surface area contributed by atoms with Crippen molar-refractivity contribution in [2.24, 2.45) is 5.10 Å². The van der Waals surface area contributed by atoms with Gasteiger partial charge >= 0.3 is 5.97 Å². The molecule has 0 atom stereocenters. The van der Waals surface area contributed by atoms with Crippen molar-refractivity contribution >= 4 is 18.1 Å². The first-order valence-corrected chi connectivity index (χ1v) is 10.0. The summed E-state index contributed by atoms with van der Waals surface area (Å²) < 4.78 is 21.2. The van der Waals surface area contributed by atoms with Crippen LogP contribution >= 0.6 is 0 Å². The molecule has 8 heteroatoms. The summed E-state index contributed by atoms with van der Waals surface area (Å²) in [7, 11) is 3.01. The molecule has 3 rings (SSSR count). The van der Waals surface area contributed by atoms with Gasteiger partial charge in [0.1, 0.15) is 11.5 Å². The summed E-state index contributed by atoms with van der Waals surface area (Å²) in [4.78, 5) is 24.3. The van der Waals surface area contributed by atoms with E-state index in [2.05, 4.69) is 10.5 Å². The van der Waals surface area contributed by atoms with Crippen molar-refractivity contribution in [3.63, 3.8) is 0 Å². The second-order valence-electron chi connectivity index (χ2n) is 6.93. The molecule has 3 aromatic carbocycles. The molecule has 0 saturated carbocycles. The zero-order valence-corrected chi connectivity index (χ0v) is 18.5. The van der Waals surface area contributed by atoms with Crippen LogP contribution in [-0.4, -0.2) is 38.9 Å². The first-order chi connectivity index (χ1) is 16.0. The highest BCUT2D eigenvalue weighted by Crippen LogP contribution is 2.28. The van der Waals surface area contributed by atoms with Gasteiger partial charge in [0.05, 0.1) is 26.0 Å². The number of nitrogens with one attached hydrogen (secondary N) is 1. The number of rotatable bonds is 9. The summed E-state index contributed by atoms with van der Waals surface area (Å²) >= 11 is 0. The summed E-state index contributed by atoms with van der Waals surface area (Å²) in [6.45, 7) is 1.80. The number of aryl methyl sites for hydroxylation is 1. The highest BCUT2D eigenvalue weighted by atomic mass is 16.5. The van der Waals surface area contributed by atoms with Gasteiger partial charge in [-0.1, -0.05) is 12.1 Å². The van der Waals surface area contributed by atoms with E-state index < -0.39 is 5.97 Å². The van der Waals surface area contributed by atoms with Crippen LogP contribution in [0.5, 0.6) is 23.0 Å². The Hall–Kier alpha value is -4.33. The number of hydrogen-bond donors (Lipinski definition) is 1. The Morgan fingerprint density at radius 2 is 1.67 bits per heavy atom. The fourth-order valence-corrected chi connectivity index (χ4v) is 2.82. The number of methoxy groups -OCH3 is 2. The molecule has 8 nitrogen and oxygen atoms in total. The highest BCUT2D eigenvalue weighted by Gasteiger charge is 2.13. The maximum atomic E-state index is 12.4. The van der Waals surface area contributed by atoms with Gasteiger partial charge in [-0.15, -0.1) is 0 Å². The summed E-state index contributed by atoms with van der Waals surface area (Å²) in [5, 5.41) is 3.91. The molecule has 0 aliphatic carbocycles. The normalized spacial score (nSPS) is 10.5. The Labute approximate surface area is 191 Å². The average Bonchev–Trinajstić information content (AvgIpc) is 2.83. The molecule has 0 fully saturated rings. The summed E-state index contributed by atoms with van der Waals surface area (Å²) in [5.41, 5.74) is 4.48. The Morgan fingerprint density at radius 3 is 2.36 bits per heavy atom. The molecule has 33 heavy (non-hydrogen) atoms. The number of esters is 1. The molecule has 1 N–H and O–H groups in total. The monoisotopic (exact) mass is 448 g/mol. The predicted molar refractivity (Wildman–Crippen MR) is 123 cm³/mol. The smallest absolute Gasteiger partial charge is 0.343 e. The number of benzene rings is 3. The van der Waals surface area contributed by atoms with Crippen molar-refractivity contribution < 1.29 is 28.5 Å². The van der Waals surface area contributed by atoms with Crippen LogP contribution < -0.4 is 24.4 Å². The van der Waals surface area contributed by atoms with E-state index in [-0.39, 0.29) is 12.5 Å². The van der Waals surface area contributed by atoms with Crippen LogP contribution in [0.3, 0.4) is 0 Å². The number of nitrogens with zero attached hydrogens (tertiary/aromatic N) is 1. The third-order valence-electron chi connectivity index (χ3n) is 4.47. The third-order valence-corrected chi connectivity index (χ3v) is 4.47. The minimum absolute atomic E-state index is 0.147. The Bertz CT molecular complexity index is 1140. The topological polar surface area (TPSA) is 95.5 Å². The lowest BCUT2D eigenvalue weighted by molar-refractivity contribution is -0.123. The quantitative estimate of drug-likeness (QED) is 0.232. The first-order valence-electron chi connectivity index (χ1n) is 10.0. The van der Waals surface area contributed by atoms with Gasteiger partial charge in [0.2, 0.25) is 0 Å². The standard InChI is InChI=1S/C25H24N2O6/c1-17-5-4-6-21(13-17)32-16-24(28)27-26-15-18-7-10-20(11-8-18)33-25(29)19-9-12-22(30-2)23(14-19)31-3/h4-15H,16H2,1-3H3,(H,27,28)/b26-15+. The number of hydrazone groups is 1. The van der Waals surface area contributed by atoms with E-state index in [4.69, 9.17) is 18.9 Å². The van der Waals surface area contributed by atoms with Crippen molar-refractivity contribution in [3.8, 4) is 23.0 Å². The van der Waals surface area contributed by atoms with Gasteiger partial charge in [-0.05, 0) is 72.6 Å². The van der Waals surface area contributed by atoms with Gasteiger partial charge in [0, 0.05) is 0 Å². The van der Waals surface area contributed by atoms with Crippen LogP contribution in [0.25, 0.3) is 0 Å². The largest absolute Gasteiger partial charge is 0.493 e. The lowest BCUT2D eigenvalue weighted by atomic mass is 10.2. The van der Waals surface area contributed by atoms with E-state index in [9.17, 15) is 9.59 Å². The van der Waals surface area contributed by atoms with Crippen molar-refractivity contribution in [2.75, 3.05) is 20.8 Å². The van der Waals surface area contributed by atoms with Crippen LogP contribution in [-0.2, 0) is 4.79 Å². The fourth-order valence-electron chi connectivity index (χ4n) is 2.82. The van der Waals surface area contributed by atoms with Gasteiger partial charge in [-0.25, -0.2) is 10.2 Å². The number of ether oxygens (including phenoxy) is 4. The molecule has 0 aliphatic heterocycles. The number of amides is 1. The molecule has 0 aromatic heterocycles. The van der Waals surface area contributed by atoms with Crippen molar-refractivity contribution in [1.82, 2.24) is 5.43 Å². The van der Waals surface area contributed by atoms with Crippen molar-refractivity contribution in [1.29, 1.82) is 0 Å². The average molecular weight is 448 g/mol. The number of carbonyl (C=O) groups excluding carboxylic acids is 2. The van der Waals surface area contributed by atoms with Gasteiger partial charge in [0.25, 0.3) is 5.91 Å². The van der Waals surface area contributed by atoms with Crippen molar-refractivity contribution in [3.05, 3.63) is 83.4 Å². The number of carbonyl (C=O) groups is 2. The van der Waals surface area contributed by atoms with Crippen LogP contribution in [0.4, 0.5) is 0 Å². The maximum absolute atomic E-state index is 12.4. The molecule has 3 aromatic rings. The zero-order valence-electron chi connectivity index (χ0n) is 18.5. The summed E-state index contributed by atoms with van der Waals surface area (Å²) in [6.07, 6.45) is 1.48. The SMILES string of the molecule is COc1ccc(C(=O)Oc2ccc(/C=N/NC(=O)COc3cccc(C)c3)cc2)cc1OC. The van der Waals surface area contributed by atoms with E-state index in [1.54, 1.807) is 48.5 Å². The van der Waals surface area contributed by atoms with Crippen LogP contribution in [0, 0.1) is 6.92 Å². The Balaban J connectivity index is 1.50. The second kappa shape index (κ2) is 11.3. The minimum Gasteiger partial charge on any atom is -0.493 e.